The van der Waals surface area contributed by atoms with Crippen LogP contribution in [0.1, 0.15) is 42.6 Å². The van der Waals surface area contributed by atoms with E-state index in [-0.39, 0.29) is 5.91 Å². The number of hydrogen-bond acceptors (Lipinski definition) is 2. The van der Waals surface area contributed by atoms with Gasteiger partial charge in [0, 0.05) is 54.4 Å². The van der Waals surface area contributed by atoms with E-state index in [1.165, 1.54) is 5.56 Å². The van der Waals surface area contributed by atoms with E-state index in [1.54, 1.807) is 19.0 Å². The van der Waals surface area contributed by atoms with E-state index < -0.39 is 0 Å². The maximum Gasteiger partial charge on any atom is 0.253 e. The maximum absolute atomic E-state index is 12.2. The first-order valence-corrected chi connectivity index (χ1v) is 10.9. The predicted octanol–water partition coefficient (Wildman–Crippen LogP) is 4.72. The molecule has 1 aromatic heterocycles. The van der Waals surface area contributed by atoms with E-state index in [0.717, 1.165) is 33.2 Å². The summed E-state index contributed by atoms with van der Waals surface area (Å²) >= 11 is 0. The van der Waals surface area contributed by atoms with Crippen LogP contribution in [0.5, 0.6) is 0 Å². The summed E-state index contributed by atoms with van der Waals surface area (Å²) in [6.45, 7) is 10.4. The average molecular weight is 428 g/mol. The van der Waals surface area contributed by atoms with Gasteiger partial charge in [-0.3, -0.25) is 4.79 Å². The Labute approximate surface area is 191 Å². The second-order valence-electron chi connectivity index (χ2n) is 8.60. The molecule has 4 nitrogen and oxygen atoms in total. The largest absolute Gasteiger partial charge is 0.359 e. The van der Waals surface area contributed by atoms with Crippen molar-refractivity contribution in [3.63, 3.8) is 0 Å². The molecule has 0 fully saturated rings. The SMILES string of the molecule is C=C/C=c1\c(=C(/C)Nc2cccc(C(C)C)c2)cc(-c2ccc(C(=O)N(C)C)cc2)n1C. The van der Waals surface area contributed by atoms with Crippen molar-refractivity contribution >= 4 is 23.4 Å². The summed E-state index contributed by atoms with van der Waals surface area (Å²) in [4.78, 5) is 13.8. The van der Waals surface area contributed by atoms with Crippen LogP contribution in [0, 0.1) is 0 Å². The molecule has 3 aromatic rings. The smallest absolute Gasteiger partial charge is 0.253 e. The van der Waals surface area contributed by atoms with Gasteiger partial charge in [0.2, 0.25) is 0 Å². The summed E-state index contributed by atoms with van der Waals surface area (Å²) in [5, 5.41) is 5.77. The minimum Gasteiger partial charge on any atom is -0.359 e. The zero-order valence-corrected chi connectivity index (χ0v) is 19.9. The molecule has 0 aliphatic rings. The van der Waals surface area contributed by atoms with Crippen LogP contribution in [-0.4, -0.2) is 29.5 Å². The third-order valence-corrected chi connectivity index (χ3v) is 5.68. The molecule has 4 heteroatoms. The van der Waals surface area contributed by atoms with E-state index in [4.69, 9.17) is 0 Å². The number of rotatable bonds is 6. The molecule has 0 unspecified atom stereocenters. The first-order valence-electron chi connectivity index (χ1n) is 10.9. The van der Waals surface area contributed by atoms with E-state index in [9.17, 15) is 4.79 Å². The van der Waals surface area contributed by atoms with Crippen molar-refractivity contribution in [1.82, 2.24) is 9.47 Å². The van der Waals surface area contributed by atoms with Gasteiger partial charge < -0.3 is 14.8 Å². The maximum atomic E-state index is 12.2. The van der Waals surface area contributed by atoms with Crippen molar-refractivity contribution in [1.29, 1.82) is 0 Å². The van der Waals surface area contributed by atoms with Crippen molar-refractivity contribution in [3.05, 3.63) is 88.9 Å². The zero-order chi connectivity index (χ0) is 23.4. The lowest BCUT2D eigenvalue weighted by molar-refractivity contribution is 0.0827. The molecular weight excluding hydrogens is 394 g/mol. The fourth-order valence-corrected chi connectivity index (χ4v) is 3.81. The Kier molecular flexibility index (Phi) is 7.04. The van der Waals surface area contributed by atoms with Crippen LogP contribution in [0.3, 0.4) is 0 Å². The van der Waals surface area contributed by atoms with Crippen LogP contribution >= 0.6 is 0 Å². The average Bonchev–Trinajstić information content (AvgIpc) is 3.10. The predicted molar refractivity (Wildman–Crippen MR) is 136 cm³/mol. The van der Waals surface area contributed by atoms with Crippen molar-refractivity contribution < 1.29 is 4.79 Å². The Morgan fingerprint density at radius 1 is 1.09 bits per heavy atom. The highest BCUT2D eigenvalue weighted by molar-refractivity contribution is 5.94. The van der Waals surface area contributed by atoms with E-state index in [1.807, 2.05) is 36.4 Å². The standard InChI is InChI=1S/C28H33N3O/c1-8-10-26-25(20(4)29-24-12-9-11-23(17-24)19(2)3)18-27(31(26)7)21-13-15-22(16-14-21)28(32)30(5)6/h8-19,29H,1H2,2-7H3/b25-20+,26-10+. The van der Waals surface area contributed by atoms with Gasteiger partial charge in [-0.25, -0.2) is 0 Å². The van der Waals surface area contributed by atoms with Gasteiger partial charge in [0.05, 0.1) is 0 Å². The summed E-state index contributed by atoms with van der Waals surface area (Å²) < 4.78 is 2.16. The van der Waals surface area contributed by atoms with Crippen molar-refractivity contribution in [2.45, 2.75) is 26.7 Å². The third kappa shape index (κ3) is 4.86. The van der Waals surface area contributed by atoms with Gasteiger partial charge in [0.1, 0.15) is 0 Å². The minimum absolute atomic E-state index is 0.00167. The van der Waals surface area contributed by atoms with Crippen molar-refractivity contribution in [2.75, 3.05) is 19.4 Å². The van der Waals surface area contributed by atoms with Gasteiger partial charge in [0.15, 0.2) is 0 Å². The Morgan fingerprint density at radius 2 is 1.78 bits per heavy atom. The van der Waals surface area contributed by atoms with Gasteiger partial charge in [-0.15, -0.1) is 0 Å². The second-order valence-corrected chi connectivity index (χ2v) is 8.60. The molecule has 0 spiro atoms. The second kappa shape index (κ2) is 9.73. The van der Waals surface area contributed by atoms with Gasteiger partial charge in [0.25, 0.3) is 5.91 Å². The Morgan fingerprint density at radius 3 is 2.38 bits per heavy atom. The first kappa shape index (κ1) is 23.1. The molecule has 2 aromatic carbocycles. The lowest BCUT2D eigenvalue weighted by atomic mass is 10.0. The number of amides is 1. The first-order chi connectivity index (χ1) is 15.2. The van der Waals surface area contributed by atoms with Crippen molar-refractivity contribution in [2.24, 2.45) is 7.05 Å². The molecule has 0 aliphatic carbocycles. The quantitative estimate of drug-likeness (QED) is 0.618. The molecular formula is C28H33N3O. The third-order valence-electron chi connectivity index (χ3n) is 5.68. The van der Waals surface area contributed by atoms with E-state index in [2.05, 4.69) is 74.6 Å². The van der Waals surface area contributed by atoms with E-state index >= 15 is 0 Å². The lowest BCUT2D eigenvalue weighted by Gasteiger charge is -2.10. The Hall–Kier alpha value is -3.53. The molecule has 166 valence electrons. The summed E-state index contributed by atoms with van der Waals surface area (Å²) in [6, 6.07) is 18.5. The normalized spacial score (nSPS) is 12.7. The molecule has 3 rings (SSSR count). The highest BCUT2D eigenvalue weighted by Crippen LogP contribution is 2.20. The molecule has 0 atom stereocenters. The number of hydrogen-bond donors (Lipinski definition) is 1. The summed E-state index contributed by atoms with van der Waals surface area (Å²) in [5.41, 5.74) is 6.27. The molecule has 0 radical (unpaired) electrons. The summed E-state index contributed by atoms with van der Waals surface area (Å²) in [7, 11) is 5.58. The summed E-state index contributed by atoms with van der Waals surface area (Å²) in [5.74, 6) is 0.481. The number of nitrogens with one attached hydrogen (secondary N) is 1. The molecule has 0 bridgehead atoms. The highest BCUT2D eigenvalue weighted by atomic mass is 16.2. The number of allylic oxidation sites excluding steroid dienone is 1. The zero-order valence-electron chi connectivity index (χ0n) is 19.9. The van der Waals surface area contributed by atoms with Gasteiger partial charge in [-0.05, 0) is 60.4 Å². The molecule has 0 aliphatic heterocycles. The van der Waals surface area contributed by atoms with Crippen molar-refractivity contribution in [3.8, 4) is 11.3 Å². The van der Waals surface area contributed by atoms with Crippen LogP contribution in [0.4, 0.5) is 5.69 Å². The molecule has 1 N–H and O–H groups in total. The van der Waals surface area contributed by atoms with Crippen LogP contribution in [0.15, 0.2) is 67.3 Å². The van der Waals surface area contributed by atoms with Crippen LogP contribution < -0.4 is 15.9 Å². The van der Waals surface area contributed by atoms with Crippen LogP contribution in [0.25, 0.3) is 23.0 Å². The minimum atomic E-state index is 0.00167. The number of benzene rings is 2. The molecule has 0 saturated carbocycles. The highest BCUT2D eigenvalue weighted by Gasteiger charge is 2.11. The van der Waals surface area contributed by atoms with Gasteiger partial charge >= 0.3 is 0 Å². The monoisotopic (exact) mass is 427 g/mol. The number of carbonyl (C=O) groups excluding carboxylic acids is 1. The number of anilines is 1. The fraction of sp³-hybridized carbons (Fsp3) is 0.250. The van der Waals surface area contributed by atoms with Crippen LogP contribution in [-0.2, 0) is 7.05 Å². The molecule has 1 heterocycles. The van der Waals surface area contributed by atoms with Crippen LogP contribution in [0.2, 0.25) is 0 Å². The summed E-state index contributed by atoms with van der Waals surface area (Å²) in [6.07, 6.45) is 3.84. The Balaban J connectivity index is 2.07. The number of aromatic nitrogens is 1. The lowest BCUT2D eigenvalue weighted by Crippen LogP contribution is -2.30. The fourth-order valence-electron chi connectivity index (χ4n) is 3.81. The van der Waals surface area contributed by atoms with Gasteiger partial charge in [-0.2, -0.15) is 0 Å². The van der Waals surface area contributed by atoms with E-state index in [0.29, 0.717) is 11.5 Å². The number of carbonyl (C=O) groups is 1. The van der Waals surface area contributed by atoms with Gasteiger partial charge in [-0.1, -0.05) is 50.8 Å². The molecule has 0 saturated heterocycles. The molecule has 32 heavy (non-hydrogen) atoms. The Bertz CT molecular complexity index is 1240. The topological polar surface area (TPSA) is 37.3 Å². The number of nitrogens with zero attached hydrogens (tertiary/aromatic N) is 2. The molecule has 1 amide bonds.